The largest absolute Gasteiger partial charge is 0.285 e. The van der Waals surface area contributed by atoms with Gasteiger partial charge in [0.25, 0.3) is 5.56 Å². The predicted molar refractivity (Wildman–Crippen MR) is 102 cm³/mol. The Kier molecular flexibility index (Phi) is 3.90. The third kappa shape index (κ3) is 2.74. The molecule has 1 unspecified atom stereocenters. The Morgan fingerprint density at radius 2 is 1.40 bits per heavy atom. The molecule has 0 fully saturated rings. The number of hydrogen-bond donors (Lipinski definition) is 0. The second-order valence-corrected chi connectivity index (χ2v) is 6.08. The lowest BCUT2D eigenvalue weighted by Gasteiger charge is -2.20. The summed E-state index contributed by atoms with van der Waals surface area (Å²) < 4.78 is 1.80. The van der Waals surface area contributed by atoms with E-state index in [4.69, 9.17) is 4.98 Å². The van der Waals surface area contributed by atoms with E-state index in [1.165, 1.54) is 0 Å². The zero-order chi connectivity index (χ0) is 17.2. The minimum absolute atomic E-state index is 0.0131. The van der Waals surface area contributed by atoms with Gasteiger partial charge in [-0.25, -0.2) is 4.98 Å². The van der Waals surface area contributed by atoms with Crippen molar-refractivity contribution in [3.63, 3.8) is 0 Å². The van der Waals surface area contributed by atoms with Crippen LogP contribution in [0.15, 0.2) is 89.7 Å². The monoisotopic (exact) mass is 326 g/mol. The van der Waals surface area contributed by atoms with Gasteiger partial charge in [-0.2, -0.15) is 0 Å². The number of rotatable bonds is 3. The molecule has 4 aromatic rings. The summed E-state index contributed by atoms with van der Waals surface area (Å²) in [6, 6.07) is 27.3. The van der Waals surface area contributed by atoms with Crippen LogP contribution in [-0.2, 0) is 0 Å². The molecule has 3 heteroatoms. The molecule has 1 heterocycles. The first kappa shape index (κ1) is 15.3. The van der Waals surface area contributed by atoms with E-state index in [0.717, 1.165) is 16.6 Å². The van der Waals surface area contributed by atoms with E-state index >= 15 is 0 Å². The van der Waals surface area contributed by atoms with E-state index in [9.17, 15) is 4.79 Å². The topological polar surface area (TPSA) is 34.9 Å². The summed E-state index contributed by atoms with van der Waals surface area (Å²) in [6.07, 6.45) is 0. The summed E-state index contributed by atoms with van der Waals surface area (Å²) in [7, 11) is 0. The van der Waals surface area contributed by atoms with Crippen LogP contribution < -0.4 is 5.56 Å². The van der Waals surface area contributed by atoms with Crippen molar-refractivity contribution in [2.75, 3.05) is 0 Å². The zero-order valence-electron chi connectivity index (χ0n) is 14.0. The maximum atomic E-state index is 13.3. The molecule has 0 N–H and O–H groups in total. The highest BCUT2D eigenvalue weighted by Gasteiger charge is 2.18. The van der Waals surface area contributed by atoms with Crippen molar-refractivity contribution in [1.82, 2.24) is 9.55 Å². The Balaban J connectivity index is 2.04. The first-order chi connectivity index (χ1) is 12.3. The van der Waals surface area contributed by atoms with Crippen molar-refractivity contribution >= 4 is 10.9 Å². The molecule has 0 amide bonds. The molecule has 0 spiro atoms. The number of aromatic nitrogens is 2. The first-order valence-electron chi connectivity index (χ1n) is 8.37. The summed E-state index contributed by atoms with van der Waals surface area (Å²) in [5.41, 5.74) is 2.73. The van der Waals surface area contributed by atoms with Crippen LogP contribution in [0.5, 0.6) is 0 Å². The highest BCUT2D eigenvalue weighted by Crippen LogP contribution is 2.25. The van der Waals surface area contributed by atoms with Crippen molar-refractivity contribution in [2.24, 2.45) is 0 Å². The summed E-state index contributed by atoms with van der Waals surface area (Å²) in [4.78, 5) is 18.1. The highest BCUT2D eigenvalue weighted by atomic mass is 16.1. The lowest BCUT2D eigenvalue weighted by atomic mass is 10.1. The van der Waals surface area contributed by atoms with E-state index in [0.29, 0.717) is 11.2 Å². The molecule has 0 saturated heterocycles. The molecular formula is C22H18N2O. The van der Waals surface area contributed by atoms with Crippen LogP contribution in [0.1, 0.15) is 18.5 Å². The summed E-state index contributed by atoms with van der Waals surface area (Å²) in [6.45, 7) is 2.04. The molecule has 0 aliphatic carbocycles. The van der Waals surface area contributed by atoms with Gasteiger partial charge in [0, 0.05) is 5.56 Å². The van der Waals surface area contributed by atoms with Crippen LogP contribution >= 0.6 is 0 Å². The molecule has 122 valence electrons. The lowest BCUT2D eigenvalue weighted by molar-refractivity contribution is 0.617. The van der Waals surface area contributed by atoms with E-state index in [1.54, 1.807) is 4.57 Å². The number of benzene rings is 3. The van der Waals surface area contributed by atoms with Gasteiger partial charge < -0.3 is 0 Å². The normalized spacial score (nSPS) is 12.2. The van der Waals surface area contributed by atoms with Crippen LogP contribution in [-0.4, -0.2) is 9.55 Å². The molecule has 25 heavy (non-hydrogen) atoms. The molecule has 0 aliphatic heterocycles. The van der Waals surface area contributed by atoms with Gasteiger partial charge in [0.05, 0.1) is 16.9 Å². The average molecular weight is 326 g/mol. The van der Waals surface area contributed by atoms with Crippen LogP contribution in [0.2, 0.25) is 0 Å². The third-order valence-corrected chi connectivity index (χ3v) is 4.51. The molecule has 0 bridgehead atoms. The molecule has 1 atom stereocenters. The van der Waals surface area contributed by atoms with Gasteiger partial charge in [0.2, 0.25) is 0 Å². The smallest absolute Gasteiger partial charge is 0.262 e. The molecule has 0 aliphatic rings. The van der Waals surface area contributed by atoms with E-state index in [-0.39, 0.29) is 11.6 Å². The Bertz CT molecular complexity index is 1070. The van der Waals surface area contributed by atoms with Crippen molar-refractivity contribution in [3.05, 3.63) is 101 Å². The molecule has 1 aromatic heterocycles. The molecular weight excluding hydrogens is 308 g/mol. The van der Waals surface area contributed by atoms with Gasteiger partial charge >= 0.3 is 0 Å². The molecule has 0 radical (unpaired) electrons. The second-order valence-electron chi connectivity index (χ2n) is 6.08. The quantitative estimate of drug-likeness (QED) is 0.548. The van der Waals surface area contributed by atoms with Gasteiger partial charge in [-0.15, -0.1) is 0 Å². The maximum Gasteiger partial charge on any atom is 0.262 e. The van der Waals surface area contributed by atoms with Crippen LogP contribution in [0.3, 0.4) is 0 Å². The minimum Gasteiger partial charge on any atom is -0.285 e. The third-order valence-electron chi connectivity index (χ3n) is 4.51. The molecule has 0 saturated carbocycles. The van der Waals surface area contributed by atoms with E-state index < -0.39 is 0 Å². The first-order valence-corrected chi connectivity index (χ1v) is 8.37. The summed E-state index contributed by atoms with van der Waals surface area (Å²) in [5, 5.41) is 0.643. The maximum absolute atomic E-state index is 13.3. The Morgan fingerprint density at radius 1 is 0.800 bits per heavy atom. The lowest BCUT2D eigenvalue weighted by Crippen LogP contribution is -2.27. The Morgan fingerprint density at radius 3 is 2.12 bits per heavy atom. The van der Waals surface area contributed by atoms with Gasteiger partial charge in [-0.1, -0.05) is 72.8 Å². The fraction of sp³-hybridized carbons (Fsp3) is 0.0909. The standard InChI is InChI=1S/C22H18N2O/c1-16(17-10-4-2-5-11-17)24-21(18-12-6-3-7-13-18)23-20-15-9-8-14-19(20)22(24)25/h2-16H,1H3. The van der Waals surface area contributed by atoms with E-state index in [2.05, 4.69) is 0 Å². The van der Waals surface area contributed by atoms with Crippen molar-refractivity contribution in [1.29, 1.82) is 0 Å². The zero-order valence-corrected chi connectivity index (χ0v) is 14.0. The summed E-state index contributed by atoms with van der Waals surface area (Å²) in [5.74, 6) is 0.695. The van der Waals surface area contributed by atoms with Crippen LogP contribution in [0.4, 0.5) is 0 Å². The Hall–Kier alpha value is -3.20. The highest BCUT2D eigenvalue weighted by molar-refractivity contribution is 5.79. The minimum atomic E-state index is -0.110. The van der Waals surface area contributed by atoms with E-state index in [1.807, 2.05) is 91.9 Å². The number of para-hydroxylation sites is 1. The van der Waals surface area contributed by atoms with Crippen molar-refractivity contribution in [3.8, 4) is 11.4 Å². The van der Waals surface area contributed by atoms with Gasteiger partial charge in [0.15, 0.2) is 0 Å². The average Bonchev–Trinajstić information content (AvgIpc) is 2.69. The molecule has 4 rings (SSSR count). The molecule has 3 aromatic carbocycles. The Labute approximate surface area is 146 Å². The van der Waals surface area contributed by atoms with Crippen LogP contribution in [0.25, 0.3) is 22.3 Å². The fourth-order valence-corrected chi connectivity index (χ4v) is 3.18. The van der Waals surface area contributed by atoms with Crippen molar-refractivity contribution < 1.29 is 0 Å². The SMILES string of the molecule is CC(c1ccccc1)n1c(-c2ccccc2)nc2ccccc2c1=O. The van der Waals surface area contributed by atoms with Gasteiger partial charge in [0.1, 0.15) is 5.82 Å². The fourth-order valence-electron chi connectivity index (χ4n) is 3.18. The van der Waals surface area contributed by atoms with Crippen molar-refractivity contribution in [2.45, 2.75) is 13.0 Å². The van der Waals surface area contributed by atoms with Crippen LogP contribution in [0, 0.1) is 0 Å². The van der Waals surface area contributed by atoms with Gasteiger partial charge in [-0.05, 0) is 24.6 Å². The van der Waals surface area contributed by atoms with Gasteiger partial charge in [-0.3, -0.25) is 9.36 Å². The number of hydrogen-bond acceptors (Lipinski definition) is 2. The molecule has 3 nitrogen and oxygen atoms in total. The number of nitrogens with zero attached hydrogens (tertiary/aromatic N) is 2. The summed E-state index contributed by atoms with van der Waals surface area (Å²) >= 11 is 0. The number of fused-ring (bicyclic) bond motifs is 1. The predicted octanol–water partition coefficient (Wildman–Crippen LogP) is 4.67. The second kappa shape index (κ2) is 6.36.